The van der Waals surface area contributed by atoms with Gasteiger partial charge in [0.15, 0.2) is 5.82 Å². The molecule has 1 aliphatic heterocycles. The molecule has 12 heteroatoms. The highest BCUT2D eigenvalue weighted by atomic mass is 32.2. The molecule has 0 aliphatic carbocycles. The summed E-state index contributed by atoms with van der Waals surface area (Å²) in [6.45, 7) is 0.159. The van der Waals surface area contributed by atoms with E-state index in [2.05, 4.69) is 25.4 Å². The molecule has 1 atom stereocenters. The fourth-order valence-electron chi connectivity index (χ4n) is 3.24. The Hall–Kier alpha value is -2.99. The van der Waals surface area contributed by atoms with E-state index in [0.29, 0.717) is 30.4 Å². The predicted octanol–water partition coefficient (Wildman–Crippen LogP) is 1.63. The van der Waals surface area contributed by atoms with E-state index in [4.69, 9.17) is 9.63 Å². The Bertz CT molecular complexity index is 1070. The van der Waals surface area contributed by atoms with Crippen molar-refractivity contribution in [3.05, 3.63) is 36.0 Å². The molecule has 28 heavy (non-hydrogen) atoms. The monoisotopic (exact) mass is 406 g/mol. The number of rotatable bonds is 5. The van der Waals surface area contributed by atoms with Crippen molar-refractivity contribution in [1.82, 2.24) is 29.7 Å². The molecule has 1 amide bonds. The second-order valence-electron chi connectivity index (χ2n) is 6.39. The number of nitrogens with one attached hydrogen (secondary N) is 2. The second-order valence-corrected chi connectivity index (χ2v) is 8.20. The van der Waals surface area contributed by atoms with Crippen LogP contribution in [0.3, 0.4) is 0 Å². The molecule has 3 aromatic rings. The summed E-state index contributed by atoms with van der Waals surface area (Å²) in [7, 11) is -3.90. The van der Waals surface area contributed by atoms with Gasteiger partial charge in [-0.15, -0.1) is 0 Å². The van der Waals surface area contributed by atoms with Crippen LogP contribution in [0.5, 0.6) is 0 Å². The molecule has 1 saturated heterocycles. The number of nitrogens with zero attached hydrogens (tertiary/aromatic N) is 4. The fraction of sp³-hybridized carbons (Fsp3) is 0.375. The first-order chi connectivity index (χ1) is 13.4. The first-order valence-electron chi connectivity index (χ1n) is 8.71. The number of amides is 1. The molecule has 1 fully saturated rings. The van der Waals surface area contributed by atoms with Crippen molar-refractivity contribution in [1.29, 1.82) is 0 Å². The fourth-order valence-corrected chi connectivity index (χ4v) is 4.82. The Balaban J connectivity index is 1.63. The van der Waals surface area contributed by atoms with Gasteiger partial charge >= 0.3 is 6.09 Å². The number of para-hydroxylation sites is 2. The summed E-state index contributed by atoms with van der Waals surface area (Å²) in [6, 6.07) is 6.48. The van der Waals surface area contributed by atoms with Crippen LogP contribution in [0, 0.1) is 0 Å². The number of H-pyrrole nitrogens is 1. The Morgan fingerprint density at radius 3 is 2.93 bits per heavy atom. The molecule has 0 radical (unpaired) electrons. The highest BCUT2D eigenvalue weighted by molar-refractivity contribution is 7.89. The summed E-state index contributed by atoms with van der Waals surface area (Å²) in [5.74, 6) is 0.283. The highest BCUT2D eigenvalue weighted by Gasteiger charge is 2.38. The first kappa shape index (κ1) is 18.4. The molecule has 4 rings (SSSR count). The van der Waals surface area contributed by atoms with Crippen molar-refractivity contribution in [3.8, 4) is 0 Å². The van der Waals surface area contributed by atoms with Gasteiger partial charge < -0.3 is 19.9 Å². The molecule has 2 aromatic heterocycles. The molecule has 3 heterocycles. The smallest absolute Gasteiger partial charge is 0.405 e. The van der Waals surface area contributed by atoms with Crippen LogP contribution < -0.4 is 5.32 Å². The summed E-state index contributed by atoms with van der Waals surface area (Å²) in [5, 5.41) is 14.5. The van der Waals surface area contributed by atoms with Crippen molar-refractivity contribution in [2.24, 2.45) is 0 Å². The van der Waals surface area contributed by atoms with E-state index in [9.17, 15) is 13.2 Å². The topological polar surface area (TPSA) is 154 Å². The molecule has 1 aromatic carbocycles. The van der Waals surface area contributed by atoms with Gasteiger partial charge in [-0.3, -0.25) is 0 Å². The van der Waals surface area contributed by atoms with Gasteiger partial charge in [-0.1, -0.05) is 23.7 Å². The maximum absolute atomic E-state index is 13.2. The van der Waals surface area contributed by atoms with Crippen LogP contribution in [-0.4, -0.2) is 50.6 Å². The largest absolute Gasteiger partial charge is 0.465 e. The van der Waals surface area contributed by atoms with Crippen molar-refractivity contribution >= 4 is 27.1 Å². The number of aromatic nitrogens is 4. The van der Waals surface area contributed by atoms with Gasteiger partial charge in [-0.25, -0.2) is 18.2 Å². The Morgan fingerprint density at radius 1 is 1.32 bits per heavy atom. The second kappa shape index (κ2) is 7.20. The number of piperidine rings is 1. The lowest BCUT2D eigenvalue weighted by Crippen LogP contribution is -2.39. The van der Waals surface area contributed by atoms with Gasteiger partial charge in [-0.05, 0) is 25.0 Å². The van der Waals surface area contributed by atoms with Gasteiger partial charge in [0.2, 0.25) is 11.0 Å². The van der Waals surface area contributed by atoms with Gasteiger partial charge in [-0.2, -0.15) is 9.29 Å². The van der Waals surface area contributed by atoms with Gasteiger partial charge in [0.1, 0.15) is 6.54 Å². The summed E-state index contributed by atoms with van der Waals surface area (Å²) < 4.78 is 32.8. The van der Waals surface area contributed by atoms with Crippen LogP contribution >= 0.6 is 0 Å². The summed E-state index contributed by atoms with van der Waals surface area (Å²) in [6.07, 6.45) is 0.839. The van der Waals surface area contributed by atoms with Crippen LogP contribution in [-0.2, 0) is 16.6 Å². The van der Waals surface area contributed by atoms with Crippen LogP contribution in [0.15, 0.2) is 33.9 Å². The van der Waals surface area contributed by atoms with Crippen LogP contribution in [0.25, 0.3) is 11.0 Å². The lowest BCUT2D eigenvalue weighted by atomic mass is 10.0. The number of carboxylic acid groups (broad SMARTS) is 1. The standard InChI is InChI=1S/C16H18N6O5S/c23-16(24)17-9-13-20-14(21-27-13)12-7-3-4-8-22(12)28(25,26)15-18-10-5-1-2-6-11(10)19-15/h1-2,5-6,12,17H,3-4,7-9H2,(H,18,19)(H,23,24). The zero-order chi connectivity index (χ0) is 19.7. The average Bonchev–Trinajstić information content (AvgIpc) is 3.33. The van der Waals surface area contributed by atoms with Gasteiger partial charge in [0, 0.05) is 6.54 Å². The third kappa shape index (κ3) is 3.43. The Labute approximate surface area is 159 Å². The molecule has 1 aliphatic rings. The number of imidazole rings is 1. The minimum absolute atomic E-state index is 0.0732. The number of carbonyl (C=O) groups is 1. The number of hydrogen-bond acceptors (Lipinski definition) is 7. The van der Waals surface area contributed by atoms with E-state index < -0.39 is 22.2 Å². The van der Waals surface area contributed by atoms with E-state index in [-0.39, 0.29) is 23.4 Å². The number of fused-ring (bicyclic) bond motifs is 1. The average molecular weight is 406 g/mol. The number of sulfonamides is 1. The van der Waals surface area contributed by atoms with E-state index in [1.165, 1.54) is 4.31 Å². The summed E-state index contributed by atoms with van der Waals surface area (Å²) in [4.78, 5) is 21.8. The highest BCUT2D eigenvalue weighted by Crippen LogP contribution is 2.33. The van der Waals surface area contributed by atoms with Crippen LogP contribution in [0.1, 0.15) is 37.0 Å². The third-order valence-corrected chi connectivity index (χ3v) is 6.28. The molecular weight excluding hydrogens is 388 g/mol. The summed E-state index contributed by atoms with van der Waals surface area (Å²) >= 11 is 0. The number of benzene rings is 1. The predicted molar refractivity (Wildman–Crippen MR) is 95.7 cm³/mol. The van der Waals surface area contributed by atoms with E-state index in [1.807, 2.05) is 0 Å². The van der Waals surface area contributed by atoms with Crippen LogP contribution in [0.2, 0.25) is 0 Å². The lowest BCUT2D eigenvalue weighted by molar-refractivity contribution is 0.192. The van der Waals surface area contributed by atoms with Crippen LogP contribution in [0.4, 0.5) is 4.79 Å². The molecule has 3 N–H and O–H groups in total. The minimum atomic E-state index is -3.90. The molecule has 1 unspecified atom stereocenters. The Morgan fingerprint density at radius 2 is 2.14 bits per heavy atom. The zero-order valence-corrected chi connectivity index (χ0v) is 15.5. The normalized spacial score (nSPS) is 18.4. The molecule has 0 spiro atoms. The molecular formula is C16H18N6O5S. The molecule has 0 bridgehead atoms. The van der Waals surface area contributed by atoms with E-state index in [1.54, 1.807) is 24.3 Å². The van der Waals surface area contributed by atoms with Crippen molar-refractivity contribution in [3.63, 3.8) is 0 Å². The minimum Gasteiger partial charge on any atom is -0.465 e. The summed E-state index contributed by atoms with van der Waals surface area (Å²) in [5.41, 5.74) is 1.20. The van der Waals surface area contributed by atoms with E-state index in [0.717, 1.165) is 6.42 Å². The van der Waals surface area contributed by atoms with Crippen molar-refractivity contribution in [2.45, 2.75) is 37.0 Å². The zero-order valence-electron chi connectivity index (χ0n) is 14.7. The maximum atomic E-state index is 13.2. The Kier molecular flexibility index (Phi) is 4.73. The quantitative estimate of drug-likeness (QED) is 0.577. The maximum Gasteiger partial charge on any atom is 0.405 e. The van der Waals surface area contributed by atoms with E-state index >= 15 is 0 Å². The molecule has 11 nitrogen and oxygen atoms in total. The van der Waals surface area contributed by atoms with Gasteiger partial charge in [0.25, 0.3) is 10.0 Å². The first-order valence-corrected chi connectivity index (χ1v) is 10.1. The lowest BCUT2D eigenvalue weighted by Gasteiger charge is -2.31. The SMILES string of the molecule is O=C(O)NCc1nc(C2CCCCN2S(=O)(=O)c2nc3ccccc3[nH]2)no1. The van der Waals surface area contributed by atoms with Gasteiger partial charge in [0.05, 0.1) is 17.1 Å². The number of aromatic amines is 1. The number of hydrogen-bond donors (Lipinski definition) is 3. The third-order valence-electron chi connectivity index (χ3n) is 4.55. The molecule has 148 valence electrons. The van der Waals surface area contributed by atoms with Crippen molar-refractivity contribution in [2.75, 3.05) is 6.54 Å². The molecule has 0 saturated carbocycles. The van der Waals surface area contributed by atoms with Crippen molar-refractivity contribution < 1.29 is 22.8 Å².